The highest BCUT2D eigenvalue weighted by Gasteiger charge is 2.39. The van der Waals surface area contributed by atoms with Crippen LogP contribution in [0.5, 0.6) is 5.75 Å². The van der Waals surface area contributed by atoms with Crippen molar-refractivity contribution in [2.75, 3.05) is 6.61 Å². The Balaban J connectivity index is 1.77. The van der Waals surface area contributed by atoms with Gasteiger partial charge >= 0.3 is 0 Å². The third-order valence-corrected chi connectivity index (χ3v) is 5.21. The van der Waals surface area contributed by atoms with Crippen molar-refractivity contribution in [3.63, 3.8) is 0 Å². The second-order valence-electron chi connectivity index (χ2n) is 6.66. The van der Waals surface area contributed by atoms with E-state index in [1.165, 1.54) is 0 Å². The van der Waals surface area contributed by atoms with Crippen LogP contribution in [0.2, 0.25) is 5.02 Å². The van der Waals surface area contributed by atoms with E-state index < -0.39 is 5.54 Å². The first kappa shape index (κ1) is 15.6. The summed E-state index contributed by atoms with van der Waals surface area (Å²) in [5, 5.41) is 3.77. The van der Waals surface area contributed by atoms with Crippen molar-refractivity contribution in [2.45, 2.75) is 50.6 Å². The normalized spacial score (nSPS) is 31.0. The smallest absolute Gasteiger partial charge is 0.225 e. The molecule has 5 heteroatoms. The number of fused-ring (bicyclic) bond motifs is 1. The number of rotatable bonds is 2. The van der Waals surface area contributed by atoms with E-state index in [9.17, 15) is 4.79 Å². The van der Waals surface area contributed by atoms with Crippen LogP contribution in [0.3, 0.4) is 0 Å². The number of amides is 1. The summed E-state index contributed by atoms with van der Waals surface area (Å²) in [5.41, 5.74) is 6.89. The van der Waals surface area contributed by atoms with E-state index in [0.29, 0.717) is 17.4 Å². The Labute approximate surface area is 136 Å². The van der Waals surface area contributed by atoms with Crippen molar-refractivity contribution in [1.29, 1.82) is 0 Å². The van der Waals surface area contributed by atoms with E-state index in [1.807, 2.05) is 25.1 Å². The standard InChI is InChI=1S/C17H23ClN2O2/c1-17(19)9-3-2-6-12(17)16(21)20-14-8-10-22-15-11(14)5-4-7-13(15)18/h4-5,7,12,14H,2-3,6,8-10,19H2,1H3,(H,20,21). The Kier molecular flexibility index (Phi) is 4.33. The van der Waals surface area contributed by atoms with Gasteiger partial charge in [-0.1, -0.05) is 36.6 Å². The topological polar surface area (TPSA) is 64.4 Å². The largest absolute Gasteiger partial charge is 0.492 e. The number of carbonyl (C=O) groups excluding carboxylic acids is 1. The Hall–Kier alpha value is -1.26. The van der Waals surface area contributed by atoms with Gasteiger partial charge in [0, 0.05) is 17.5 Å². The minimum absolute atomic E-state index is 0.0484. The fraction of sp³-hybridized carbons (Fsp3) is 0.588. The van der Waals surface area contributed by atoms with Crippen LogP contribution in [0.15, 0.2) is 18.2 Å². The lowest BCUT2D eigenvalue weighted by molar-refractivity contribution is -0.129. The summed E-state index contributed by atoms with van der Waals surface area (Å²) in [5.74, 6) is 0.633. The van der Waals surface area contributed by atoms with Crippen LogP contribution in [-0.2, 0) is 4.79 Å². The van der Waals surface area contributed by atoms with Gasteiger partial charge in [0.2, 0.25) is 5.91 Å². The number of halogens is 1. The van der Waals surface area contributed by atoms with Crippen LogP contribution in [-0.4, -0.2) is 18.1 Å². The van der Waals surface area contributed by atoms with E-state index in [1.54, 1.807) is 0 Å². The quantitative estimate of drug-likeness (QED) is 0.879. The van der Waals surface area contributed by atoms with Crippen LogP contribution >= 0.6 is 11.6 Å². The summed E-state index contributed by atoms with van der Waals surface area (Å²) < 4.78 is 5.64. The molecule has 1 heterocycles. The highest BCUT2D eigenvalue weighted by Crippen LogP contribution is 2.38. The summed E-state index contributed by atoms with van der Waals surface area (Å²) in [6.07, 6.45) is 4.70. The molecule has 22 heavy (non-hydrogen) atoms. The molecule has 0 bridgehead atoms. The van der Waals surface area contributed by atoms with Crippen LogP contribution < -0.4 is 15.8 Å². The lowest BCUT2D eigenvalue weighted by Crippen LogP contribution is -2.53. The summed E-state index contributed by atoms with van der Waals surface area (Å²) in [6, 6.07) is 5.62. The van der Waals surface area contributed by atoms with E-state index in [2.05, 4.69) is 5.32 Å². The van der Waals surface area contributed by atoms with Crippen molar-refractivity contribution in [2.24, 2.45) is 11.7 Å². The molecule has 1 aliphatic heterocycles. The van der Waals surface area contributed by atoms with Crippen LogP contribution in [0.4, 0.5) is 0 Å². The molecule has 3 N–H and O–H groups in total. The third kappa shape index (κ3) is 2.95. The van der Waals surface area contributed by atoms with Gasteiger partial charge in [0.25, 0.3) is 0 Å². The maximum absolute atomic E-state index is 12.7. The number of nitrogens with two attached hydrogens (primary N) is 1. The molecule has 1 amide bonds. The number of nitrogens with one attached hydrogen (secondary N) is 1. The first-order chi connectivity index (χ1) is 10.5. The molecule has 3 atom stereocenters. The summed E-state index contributed by atoms with van der Waals surface area (Å²) in [4.78, 5) is 12.7. The average Bonchev–Trinajstić information content (AvgIpc) is 2.48. The van der Waals surface area contributed by atoms with Gasteiger partial charge in [0.15, 0.2) is 0 Å². The predicted octanol–water partition coefficient (Wildman–Crippen LogP) is 3.19. The Bertz CT molecular complexity index is 574. The van der Waals surface area contributed by atoms with Gasteiger partial charge in [0.05, 0.1) is 23.6 Å². The maximum Gasteiger partial charge on any atom is 0.225 e. The van der Waals surface area contributed by atoms with Gasteiger partial charge in [-0.25, -0.2) is 0 Å². The van der Waals surface area contributed by atoms with Crippen LogP contribution in [0.1, 0.15) is 50.6 Å². The molecule has 2 aliphatic rings. The zero-order chi connectivity index (χ0) is 15.7. The fourth-order valence-corrected chi connectivity index (χ4v) is 3.83. The molecule has 3 unspecified atom stereocenters. The fourth-order valence-electron chi connectivity index (χ4n) is 3.60. The van der Waals surface area contributed by atoms with Gasteiger partial charge in [-0.2, -0.15) is 0 Å². The zero-order valence-corrected chi connectivity index (χ0v) is 13.7. The van der Waals surface area contributed by atoms with E-state index >= 15 is 0 Å². The molecule has 3 rings (SSSR count). The Morgan fingerprint density at radius 1 is 1.41 bits per heavy atom. The van der Waals surface area contributed by atoms with E-state index in [0.717, 1.165) is 37.7 Å². The van der Waals surface area contributed by atoms with Crippen molar-refractivity contribution in [3.05, 3.63) is 28.8 Å². The van der Waals surface area contributed by atoms with Crippen molar-refractivity contribution in [3.8, 4) is 5.75 Å². The molecule has 1 fully saturated rings. The SMILES string of the molecule is CC1(N)CCCCC1C(=O)NC1CCOc2c(Cl)cccc21. The molecular weight excluding hydrogens is 300 g/mol. The first-order valence-corrected chi connectivity index (χ1v) is 8.37. The minimum Gasteiger partial charge on any atom is -0.492 e. The second-order valence-corrected chi connectivity index (χ2v) is 7.07. The molecule has 0 radical (unpaired) electrons. The zero-order valence-electron chi connectivity index (χ0n) is 12.9. The predicted molar refractivity (Wildman–Crippen MR) is 87.0 cm³/mol. The summed E-state index contributed by atoms with van der Waals surface area (Å²) >= 11 is 6.18. The van der Waals surface area contributed by atoms with Crippen molar-refractivity contribution in [1.82, 2.24) is 5.32 Å². The first-order valence-electron chi connectivity index (χ1n) is 7.99. The third-order valence-electron chi connectivity index (χ3n) is 4.91. The summed E-state index contributed by atoms with van der Waals surface area (Å²) in [7, 11) is 0. The molecular formula is C17H23ClN2O2. The molecule has 1 aromatic rings. The number of para-hydroxylation sites is 1. The molecule has 0 saturated heterocycles. The van der Waals surface area contributed by atoms with Crippen molar-refractivity contribution >= 4 is 17.5 Å². The van der Waals surface area contributed by atoms with Crippen LogP contribution in [0, 0.1) is 5.92 Å². The minimum atomic E-state index is -0.412. The van der Waals surface area contributed by atoms with Gasteiger partial charge in [-0.15, -0.1) is 0 Å². The molecule has 1 saturated carbocycles. The highest BCUT2D eigenvalue weighted by atomic mass is 35.5. The monoisotopic (exact) mass is 322 g/mol. The van der Waals surface area contributed by atoms with Gasteiger partial charge < -0.3 is 15.8 Å². The number of hydrogen-bond acceptors (Lipinski definition) is 3. The molecule has 0 spiro atoms. The molecule has 4 nitrogen and oxygen atoms in total. The number of hydrogen-bond donors (Lipinski definition) is 2. The number of ether oxygens (including phenoxy) is 1. The number of benzene rings is 1. The summed E-state index contributed by atoms with van der Waals surface area (Å²) in [6.45, 7) is 2.55. The molecule has 1 aromatic carbocycles. The van der Waals surface area contributed by atoms with E-state index in [4.69, 9.17) is 22.1 Å². The van der Waals surface area contributed by atoms with Crippen LogP contribution in [0.25, 0.3) is 0 Å². The number of carbonyl (C=O) groups is 1. The van der Waals surface area contributed by atoms with Crippen molar-refractivity contribution < 1.29 is 9.53 Å². The van der Waals surface area contributed by atoms with Gasteiger partial charge in [-0.05, 0) is 25.8 Å². The molecule has 120 valence electrons. The van der Waals surface area contributed by atoms with E-state index in [-0.39, 0.29) is 17.9 Å². The highest BCUT2D eigenvalue weighted by molar-refractivity contribution is 6.32. The van der Waals surface area contributed by atoms with Gasteiger partial charge in [-0.3, -0.25) is 4.79 Å². The Morgan fingerprint density at radius 3 is 3.00 bits per heavy atom. The Morgan fingerprint density at radius 2 is 2.23 bits per heavy atom. The second kappa shape index (κ2) is 6.09. The lowest BCUT2D eigenvalue weighted by atomic mass is 9.74. The molecule has 1 aliphatic carbocycles. The lowest BCUT2D eigenvalue weighted by Gasteiger charge is -2.38. The average molecular weight is 323 g/mol. The maximum atomic E-state index is 12.7. The molecule has 0 aromatic heterocycles. The van der Waals surface area contributed by atoms with Gasteiger partial charge in [0.1, 0.15) is 5.75 Å².